The molecule has 0 aliphatic carbocycles. The van der Waals surface area contributed by atoms with Crippen LogP contribution in [0.3, 0.4) is 0 Å². The van der Waals surface area contributed by atoms with Gasteiger partial charge in [-0.05, 0) is 25.5 Å². The van der Waals surface area contributed by atoms with Gasteiger partial charge in [-0.3, -0.25) is 0 Å². The topological polar surface area (TPSA) is 29.3 Å². The molecule has 0 amide bonds. The molecule has 0 bridgehead atoms. The van der Waals surface area contributed by atoms with E-state index in [0.29, 0.717) is 4.99 Å². The second-order valence-electron chi connectivity index (χ2n) is 4.73. The van der Waals surface area contributed by atoms with Crippen molar-refractivity contribution in [2.45, 2.75) is 25.5 Å². The van der Waals surface area contributed by atoms with Gasteiger partial charge in [0.25, 0.3) is 0 Å². The minimum absolute atomic E-state index is 0.500. The highest BCUT2D eigenvalue weighted by molar-refractivity contribution is 8.00. The molecule has 1 heterocycles. The molecule has 1 unspecified atom stereocenters. The predicted molar refractivity (Wildman–Crippen MR) is 85.8 cm³/mol. The van der Waals surface area contributed by atoms with Crippen LogP contribution in [0.15, 0.2) is 18.2 Å². The molecule has 1 fully saturated rings. The minimum Gasteiger partial charge on any atom is -0.389 e. The smallest absolute Gasteiger partial charge is 0.106 e. The highest BCUT2D eigenvalue weighted by Gasteiger charge is 2.21. The van der Waals surface area contributed by atoms with Crippen LogP contribution in [0.4, 0.5) is 5.69 Å². The predicted octanol–water partition coefficient (Wildman–Crippen LogP) is 2.96. The number of nitrogens with two attached hydrogens (primary N) is 1. The van der Waals surface area contributed by atoms with Crippen LogP contribution in [0.1, 0.15) is 24.5 Å². The molecule has 98 valence electrons. The van der Waals surface area contributed by atoms with Gasteiger partial charge >= 0.3 is 0 Å². The summed E-state index contributed by atoms with van der Waals surface area (Å²) in [6.07, 6.45) is 1.22. The summed E-state index contributed by atoms with van der Waals surface area (Å²) in [7, 11) is 0. The average Bonchev–Trinajstić information content (AvgIpc) is 2.38. The molecule has 1 aliphatic heterocycles. The van der Waals surface area contributed by atoms with E-state index in [4.69, 9.17) is 18.0 Å². The van der Waals surface area contributed by atoms with Gasteiger partial charge in [-0.1, -0.05) is 30.8 Å². The number of aryl methyl sites for hydroxylation is 1. The first kappa shape index (κ1) is 13.7. The van der Waals surface area contributed by atoms with Gasteiger partial charge in [-0.25, -0.2) is 0 Å². The van der Waals surface area contributed by atoms with Crippen molar-refractivity contribution in [1.29, 1.82) is 0 Å². The Labute approximate surface area is 119 Å². The van der Waals surface area contributed by atoms with Gasteiger partial charge < -0.3 is 10.6 Å². The minimum atomic E-state index is 0.500. The van der Waals surface area contributed by atoms with E-state index >= 15 is 0 Å². The Kier molecular flexibility index (Phi) is 4.51. The quantitative estimate of drug-likeness (QED) is 0.862. The van der Waals surface area contributed by atoms with Crippen LogP contribution in [-0.2, 0) is 0 Å². The normalized spacial score (nSPS) is 19.9. The van der Waals surface area contributed by atoms with Gasteiger partial charge in [0.1, 0.15) is 4.99 Å². The van der Waals surface area contributed by atoms with Gasteiger partial charge in [-0.2, -0.15) is 11.8 Å². The summed E-state index contributed by atoms with van der Waals surface area (Å²) in [4.78, 5) is 2.93. The fraction of sp³-hybridized carbons (Fsp3) is 0.500. The van der Waals surface area contributed by atoms with E-state index in [1.807, 2.05) is 0 Å². The summed E-state index contributed by atoms with van der Waals surface area (Å²) in [5, 5.41) is 0.722. The number of thioether (sulfide) groups is 1. The lowest BCUT2D eigenvalue weighted by Gasteiger charge is -2.34. The van der Waals surface area contributed by atoms with Crippen LogP contribution < -0.4 is 10.6 Å². The maximum absolute atomic E-state index is 5.86. The van der Waals surface area contributed by atoms with Crippen LogP contribution in [0.5, 0.6) is 0 Å². The van der Waals surface area contributed by atoms with Crippen LogP contribution in [0.2, 0.25) is 0 Å². The van der Waals surface area contributed by atoms with E-state index in [1.54, 1.807) is 0 Å². The third-order valence-corrected chi connectivity index (χ3v) is 4.94. The summed E-state index contributed by atoms with van der Waals surface area (Å²) in [6.45, 7) is 6.51. The highest BCUT2D eigenvalue weighted by Crippen LogP contribution is 2.28. The Bertz CT molecular complexity index is 445. The van der Waals surface area contributed by atoms with Gasteiger partial charge in [0.05, 0.1) is 0 Å². The Balaban J connectivity index is 2.29. The van der Waals surface area contributed by atoms with Crippen LogP contribution >= 0.6 is 24.0 Å². The van der Waals surface area contributed by atoms with Crippen molar-refractivity contribution >= 4 is 34.7 Å². The number of anilines is 1. The molecule has 1 aromatic carbocycles. The molecule has 0 spiro atoms. The summed E-state index contributed by atoms with van der Waals surface area (Å²) < 4.78 is 0. The summed E-state index contributed by atoms with van der Waals surface area (Å²) >= 11 is 7.26. The molecule has 18 heavy (non-hydrogen) atoms. The first-order chi connectivity index (χ1) is 8.61. The zero-order valence-corrected chi connectivity index (χ0v) is 12.6. The maximum Gasteiger partial charge on any atom is 0.106 e. The van der Waals surface area contributed by atoms with Crippen LogP contribution in [0, 0.1) is 6.92 Å². The number of hydrogen-bond acceptors (Lipinski definition) is 3. The standard InChI is InChI=1S/C14H20N2S2/c1-3-11-9-16(6-7-18-11)13-5-4-10(2)8-12(13)14(15)17/h4-5,8,11H,3,6-7,9H2,1-2H3,(H2,15,17). The molecule has 2 rings (SSSR count). The molecule has 0 radical (unpaired) electrons. The molecular weight excluding hydrogens is 260 g/mol. The zero-order chi connectivity index (χ0) is 13.1. The van der Waals surface area contributed by atoms with Crippen molar-refractivity contribution in [3.8, 4) is 0 Å². The molecule has 4 heteroatoms. The van der Waals surface area contributed by atoms with E-state index in [2.05, 4.69) is 48.7 Å². The van der Waals surface area contributed by atoms with Crippen molar-refractivity contribution in [2.75, 3.05) is 23.7 Å². The molecule has 1 aromatic rings. The van der Waals surface area contributed by atoms with Gasteiger partial charge in [-0.15, -0.1) is 0 Å². The van der Waals surface area contributed by atoms with E-state index in [9.17, 15) is 0 Å². The van der Waals surface area contributed by atoms with E-state index in [0.717, 1.165) is 23.9 Å². The van der Waals surface area contributed by atoms with E-state index < -0.39 is 0 Å². The van der Waals surface area contributed by atoms with Crippen molar-refractivity contribution in [2.24, 2.45) is 5.73 Å². The van der Waals surface area contributed by atoms with Crippen molar-refractivity contribution in [3.63, 3.8) is 0 Å². The average molecular weight is 280 g/mol. The highest BCUT2D eigenvalue weighted by atomic mass is 32.2. The largest absolute Gasteiger partial charge is 0.389 e. The van der Waals surface area contributed by atoms with Crippen LogP contribution in [0.25, 0.3) is 0 Å². The van der Waals surface area contributed by atoms with Crippen molar-refractivity contribution in [3.05, 3.63) is 29.3 Å². The van der Waals surface area contributed by atoms with Crippen molar-refractivity contribution in [1.82, 2.24) is 0 Å². The van der Waals surface area contributed by atoms with Crippen LogP contribution in [-0.4, -0.2) is 29.1 Å². The maximum atomic E-state index is 5.86. The lowest BCUT2D eigenvalue weighted by molar-refractivity contribution is 0.728. The van der Waals surface area contributed by atoms with Gasteiger partial charge in [0.15, 0.2) is 0 Å². The lowest BCUT2D eigenvalue weighted by atomic mass is 10.1. The third-order valence-electron chi connectivity index (χ3n) is 3.35. The van der Waals surface area contributed by atoms with Crippen molar-refractivity contribution < 1.29 is 0 Å². The SMILES string of the molecule is CCC1CN(c2ccc(C)cc2C(N)=S)CCS1. The second-order valence-corrected chi connectivity index (χ2v) is 6.58. The number of nitrogens with zero attached hydrogens (tertiary/aromatic N) is 1. The Hall–Kier alpha value is -0.740. The molecule has 2 N–H and O–H groups in total. The monoisotopic (exact) mass is 280 g/mol. The third kappa shape index (κ3) is 2.98. The van der Waals surface area contributed by atoms with Gasteiger partial charge in [0, 0.05) is 35.3 Å². The molecule has 0 saturated carbocycles. The molecule has 1 aliphatic rings. The number of benzene rings is 1. The summed E-state index contributed by atoms with van der Waals surface area (Å²) in [5.41, 5.74) is 9.29. The number of rotatable bonds is 3. The molecular formula is C14H20N2S2. The lowest BCUT2D eigenvalue weighted by Crippen LogP contribution is -2.38. The fourth-order valence-electron chi connectivity index (χ4n) is 2.31. The summed E-state index contributed by atoms with van der Waals surface area (Å²) in [5.74, 6) is 1.18. The first-order valence-corrected chi connectivity index (χ1v) is 7.84. The fourth-order valence-corrected chi connectivity index (χ4v) is 3.65. The molecule has 2 nitrogen and oxygen atoms in total. The Morgan fingerprint density at radius 3 is 3.00 bits per heavy atom. The Morgan fingerprint density at radius 2 is 2.33 bits per heavy atom. The Morgan fingerprint density at radius 1 is 1.56 bits per heavy atom. The number of thiocarbonyl (C=S) groups is 1. The molecule has 1 atom stereocenters. The number of hydrogen-bond donors (Lipinski definition) is 1. The van der Waals surface area contributed by atoms with E-state index in [1.165, 1.54) is 23.4 Å². The molecule has 1 saturated heterocycles. The molecule has 0 aromatic heterocycles. The first-order valence-electron chi connectivity index (χ1n) is 6.38. The zero-order valence-electron chi connectivity index (χ0n) is 11.0. The van der Waals surface area contributed by atoms with E-state index in [-0.39, 0.29) is 0 Å². The van der Waals surface area contributed by atoms with Gasteiger partial charge in [0.2, 0.25) is 0 Å². The summed E-state index contributed by atoms with van der Waals surface area (Å²) in [6, 6.07) is 6.40. The second kappa shape index (κ2) is 5.93.